The normalized spacial score (nSPS) is 11.2. The van der Waals surface area contributed by atoms with Gasteiger partial charge >= 0.3 is 0 Å². The highest BCUT2D eigenvalue weighted by Gasteiger charge is 2.26. The predicted octanol–water partition coefficient (Wildman–Crippen LogP) is 4.89. The summed E-state index contributed by atoms with van der Waals surface area (Å²) in [6, 6.07) is 16.3. The Morgan fingerprint density at radius 1 is 0.897 bits per heavy atom. The van der Waals surface area contributed by atoms with E-state index in [9.17, 15) is 12.8 Å². The molecule has 0 heterocycles. The molecule has 0 spiro atoms. The highest BCUT2D eigenvalue weighted by molar-refractivity contribution is 7.92. The van der Waals surface area contributed by atoms with Crippen molar-refractivity contribution in [3.8, 4) is 11.5 Å². The highest BCUT2D eigenvalue weighted by Crippen LogP contribution is 2.29. The van der Waals surface area contributed by atoms with Crippen LogP contribution < -0.4 is 13.8 Å². The van der Waals surface area contributed by atoms with Crippen LogP contribution >= 0.6 is 11.6 Å². The number of rotatable bonds is 7. The summed E-state index contributed by atoms with van der Waals surface area (Å²) in [6.45, 7) is -0.00977. The van der Waals surface area contributed by atoms with E-state index in [0.717, 1.165) is 0 Å². The van der Waals surface area contributed by atoms with Gasteiger partial charge in [-0.15, -0.1) is 0 Å². The van der Waals surface area contributed by atoms with Crippen LogP contribution in [-0.2, 0) is 16.6 Å². The molecule has 0 unspecified atom stereocenters. The first-order valence-electron chi connectivity index (χ1n) is 8.59. The van der Waals surface area contributed by atoms with Gasteiger partial charge in [-0.05, 0) is 66.2 Å². The molecular formula is C21H19ClFNO4S. The van der Waals surface area contributed by atoms with Crippen LogP contribution in [-0.4, -0.2) is 22.6 Å². The van der Waals surface area contributed by atoms with Crippen LogP contribution in [0.1, 0.15) is 5.56 Å². The SMILES string of the molecule is COc1cc(CN(c2ccc(F)cc2)S(=O)(=O)c2ccc(Cl)cc2)cc(OC)c1. The van der Waals surface area contributed by atoms with Gasteiger partial charge in [0.05, 0.1) is 31.3 Å². The van der Waals surface area contributed by atoms with Gasteiger partial charge in [0, 0.05) is 11.1 Å². The molecular weight excluding hydrogens is 417 g/mol. The number of nitrogens with zero attached hydrogens (tertiary/aromatic N) is 1. The number of hydrogen-bond donors (Lipinski definition) is 0. The second-order valence-corrected chi connectivity index (χ2v) is 8.46. The monoisotopic (exact) mass is 435 g/mol. The number of anilines is 1. The number of hydrogen-bond acceptors (Lipinski definition) is 4. The third-order valence-corrected chi connectivity index (χ3v) is 6.29. The number of ether oxygens (including phenoxy) is 2. The standard InChI is InChI=1S/C21H19ClFNO4S/c1-27-19-11-15(12-20(13-19)28-2)14-24(18-7-5-17(23)6-8-18)29(25,26)21-9-3-16(22)4-10-21/h3-13H,14H2,1-2H3. The lowest BCUT2D eigenvalue weighted by Gasteiger charge is -2.25. The molecule has 29 heavy (non-hydrogen) atoms. The lowest BCUT2D eigenvalue weighted by molar-refractivity contribution is 0.393. The molecule has 0 fully saturated rings. The second-order valence-electron chi connectivity index (χ2n) is 6.16. The molecule has 5 nitrogen and oxygen atoms in total. The number of halogens is 2. The molecule has 0 amide bonds. The second kappa shape index (κ2) is 8.71. The van der Waals surface area contributed by atoms with Crippen molar-refractivity contribution in [3.63, 3.8) is 0 Å². The van der Waals surface area contributed by atoms with Crippen LogP contribution in [0.15, 0.2) is 71.6 Å². The molecule has 3 aromatic rings. The van der Waals surface area contributed by atoms with Crippen molar-refractivity contribution >= 4 is 27.3 Å². The fourth-order valence-corrected chi connectivity index (χ4v) is 4.36. The first-order chi connectivity index (χ1) is 13.8. The molecule has 0 aromatic heterocycles. The zero-order valence-corrected chi connectivity index (χ0v) is 17.4. The molecule has 0 bridgehead atoms. The lowest BCUT2D eigenvalue weighted by atomic mass is 10.2. The molecule has 152 valence electrons. The van der Waals surface area contributed by atoms with E-state index in [2.05, 4.69) is 0 Å². The minimum absolute atomic E-state index is 0.00977. The molecule has 3 aromatic carbocycles. The Balaban J connectivity index is 2.09. The van der Waals surface area contributed by atoms with E-state index in [-0.39, 0.29) is 11.4 Å². The Morgan fingerprint density at radius 2 is 1.45 bits per heavy atom. The van der Waals surface area contributed by atoms with E-state index in [1.165, 1.54) is 67.1 Å². The fourth-order valence-electron chi connectivity index (χ4n) is 2.78. The maximum absolute atomic E-state index is 13.4. The van der Waals surface area contributed by atoms with E-state index in [1.54, 1.807) is 18.2 Å². The fraction of sp³-hybridized carbons (Fsp3) is 0.143. The van der Waals surface area contributed by atoms with Crippen molar-refractivity contribution in [2.45, 2.75) is 11.4 Å². The van der Waals surface area contributed by atoms with Crippen LogP contribution in [0.5, 0.6) is 11.5 Å². The molecule has 3 rings (SSSR count). The molecule has 0 aliphatic rings. The van der Waals surface area contributed by atoms with Crippen molar-refractivity contribution in [2.75, 3.05) is 18.5 Å². The van der Waals surface area contributed by atoms with Crippen molar-refractivity contribution in [1.29, 1.82) is 0 Å². The first kappa shape index (κ1) is 21.0. The number of benzene rings is 3. The maximum atomic E-state index is 13.4. The molecule has 8 heteroatoms. The van der Waals surface area contributed by atoms with Crippen LogP contribution in [0, 0.1) is 5.82 Å². The average Bonchev–Trinajstić information content (AvgIpc) is 2.72. The van der Waals surface area contributed by atoms with E-state index < -0.39 is 15.8 Å². The van der Waals surface area contributed by atoms with Gasteiger partial charge in [-0.3, -0.25) is 4.31 Å². The third-order valence-electron chi connectivity index (χ3n) is 4.25. The van der Waals surface area contributed by atoms with E-state index >= 15 is 0 Å². The van der Waals surface area contributed by atoms with Gasteiger partial charge in [0.25, 0.3) is 10.0 Å². The summed E-state index contributed by atoms with van der Waals surface area (Å²) in [7, 11) is -0.921. The Morgan fingerprint density at radius 3 is 1.97 bits per heavy atom. The van der Waals surface area contributed by atoms with Gasteiger partial charge in [-0.25, -0.2) is 12.8 Å². The Labute approximate surface area is 174 Å². The summed E-state index contributed by atoms with van der Waals surface area (Å²) in [4.78, 5) is 0.0705. The van der Waals surface area contributed by atoms with Crippen molar-refractivity contribution < 1.29 is 22.3 Å². The molecule has 0 saturated heterocycles. The summed E-state index contributed by atoms with van der Waals surface area (Å²) < 4.78 is 51.9. The lowest BCUT2D eigenvalue weighted by Crippen LogP contribution is -2.30. The van der Waals surface area contributed by atoms with Gasteiger partial charge < -0.3 is 9.47 Å². The third kappa shape index (κ3) is 4.81. The first-order valence-corrected chi connectivity index (χ1v) is 10.4. The van der Waals surface area contributed by atoms with Crippen LogP contribution in [0.4, 0.5) is 10.1 Å². The topological polar surface area (TPSA) is 55.8 Å². The smallest absolute Gasteiger partial charge is 0.264 e. The number of methoxy groups -OCH3 is 2. The summed E-state index contributed by atoms with van der Waals surface area (Å²) in [5.74, 6) is 0.602. The van der Waals surface area contributed by atoms with Gasteiger partial charge in [-0.2, -0.15) is 0 Å². The van der Waals surface area contributed by atoms with Crippen molar-refractivity contribution in [1.82, 2.24) is 0 Å². The van der Waals surface area contributed by atoms with E-state index in [0.29, 0.717) is 27.8 Å². The van der Waals surface area contributed by atoms with E-state index in [4.69, 9.17) is 21.1 Å². The number of sulfonamides is 1. The molecule has 0 N–H and O–H groups in total. The van der Waals surface area contributed by atoms with E-state index in [1.807, 2.05) is 0 Å². The molecule has 0 aliphatic carbocycles. The van der Waals surface area contributed by atoms with Crippen molar-refractivity contribution in [3.05, 3.63) is 83.1 Å². The van der Waals surface area contributed by atoms with Gasteiger partial charge in [0.2, 0.25) is 0 Å². The maximum Gasteiger partial charge on any atom is 0.264 e. The average molecular weight is 436 g/mol. The van der Waals surface area contributed by atoms with Crippen molar-refractivity contribution in [2.24, 2.45) is 0 Å². The zero-order valence-electron chi connectivity index (χ0n) is 15.8. The Kier molecular flexibility index (Phi) is 6.30. The largest absolute Gasteiger partial charge is 0.497 e. The zero-order chi connectivity index (χ0) is 21.0. The molecule has 0 radical (unpaired) electrons. The van der Waals surface area contributed by atoms with Gasteiger partial charge in [0.15, 0.2) is 0 Å². The minimum atomic E-state index is -3.95. The quantitative estimate of drug-likeness (QED) is 0.530. The van der Waals surface area contributed by atoms with Crippen LogP contribution in [0.3, 0.4) is 0 Å². The minimum Gasteiger partial charge on any atom is -0.497 e. The molecule has 0 saturated carbocycles. The van der Waals surface area contributed by atoms with Gasteiger partial charge in [-0.1, -0.05) is 11.6 Å². The van der Waals surface area contributed by atoms with Crippen LogP contribution in [0.25, 0.3) is 0 Å². The van der Waals surface area contributed by atoms with Crippen LogP contribution in [0.2, 0.25) is 5.02 Å². The van der Waals surface area contributed by atoms with Gasteiger partial charge in [0.1, 0.15) is 17.3 Å². The molecule has 0 aliphatic heterocycles. The Bertz CT molecular complexity index is 1060. The summed E-state index contributed by atoms with van der Waals surface area (Å²) >= 11 is 5.89. The molecule has 0 atom stereocenters. The summed E-state index contributed by atoms with van der Waals surface area (Å²) in [6.07, 6.45) is 0. The summed E-state index contributed by atoms with van der Waals surface area (Å²) in [5, 5.41) is 0.426. The predicted molar refractivity (Wildman–Crippen MR) is 111 cm³/mol. The summed E-state index contributed by atoms with van der Waals surface area (Å²) in [5.41, 5.74) is 0.964. The highest BCUT2D eigenvalue weighted by atomic mass is 35.5. The Hall–Kier alpha value is -2.77.